The van der Waals surface area contributed by atoms with Gasteiger partial charge in [-0.1, -0.05) is 146 Å². The number of rotatable bonds is 5. The van der Waals surface area contributed by atoms with Crippen molar-refractivity contribution in [2.45, 2.75) is 19.3 Å². The third-order valence-corrected chi connectivity index (χ3v) is 11.4. The third-order valence-electron chi connectivity index (χ3n) is 11.4. The van der Waals surface area contributed by atoms with E-state index < -0.39 is 23.0 Å². The summed E-state index contributed by atoms with van der Waals surface area (Å²) < 4.78 is 0. The van der Waals surface area contributed by atoms with Crippen LogP contribution in [0.15, 0.2) is 198 Å². The van der Waals surface area contributed by atoms with Crippen LogP contribution in [0.1, 0.15) is 30.4 Å². The molecule has 5 N–H and O–H groups in total. The molecule has 2 radical (unpaired) electrons. The Balaban J connectivity index is 1.28. The molecule has 9 rings (SSSR count). The molecular formula is C52H39BO5. The minimum atomic E-state index is -0.884. The smallest absolute Gasteiger partial charge is 0.204 e. The topological polar surface area (TPSA) is 101 Å². The van der Waals surface area contributed by atoms with E-state index in [9.17, 15) is 25.5 Å². The Morgan fingerprint density at radius 3 is 2.03 bits per heavy atom. The van der Waals surface area contributed by atoms with E-state index in [0.29, 0.717) is 24.8 Å². The zero-order valence-corrected chi connectivity index (χ0v) is 31.6. The number of phenolic OH excluding ortho intramolecular Hbond substituents is 4. The van der Waals surface area contributed by atoms with Crippen molar-refractivity contribution in [1.82, 2.24) is 0 Å². The Hall–Kier alpha value is -7.18. The standard InChI is InChI=1S/C52H39BO5/c53-48-47(49(55)51(57)52(58)50(48)56)43-21-11-10-20-42(43)46-38-17-7-2-6-15-35(38)29-45(39-18-8-3-9-19-41(39)46)40-22-12-16-37(54)30-44(40)36-26-25-33-27-32(23-24-34(33)28-36)31-13-4-1-5-14-31/h1-2,4-14,16-29,35,54-58H,3,15,30H2. The lowest BCUT2D eigenvalue weighted by Gasteiger charge is -2.23. The SMILES string of the molecule is [B]c1c(O)c(O)c(O)c(O)c1-c1ccccc1C1=C2C=CC=CCC2C=C(C2=C(c3ccc4cc(-c5ccccc5)ccc4c3)CC(O)=CC=C2)C2=C1C=CCC=C2. The van der Waals surface area contributed by atoms with Gasteiger partial charge in [0.05, 0.1) is 5.76 Å². The van der Waals surface area contributed by atoms with Gasteiger partial charge in [-0.2, -0.15) is 0 Å². The van der Waals surface area contributed by atoms with Crippen molar-refractivity contribution in [3.63, 3.8) is 0 Å². The molecule has 0 saturated heterocycles. The van der Waals surface area contributed by atoms with Crippen molar-refractivity contribution in [2.75, 3.05) is 0 Å². The first kappa shape index (κ1) is 36.5. The molecule has 0 heterocycles. The van der Waals surface area contributed by atoms with Gasteiger partial charge in [0.25, 0.3) is 0 Å². The minimum Gasteiger partial charge on any atom is -0.512 e. The molecule has 5 aromatic carbocycles. The van der Waals surface area contributed by atoms with E-state index in [2.05, 4.69) is 97.1 Å². The van der Waals surface area contributed by atoms with Crippen LogP contribution >= 0.6 is 0 Å². The molecule has 1 unspecified atom stereocenters. The Kier molecular flexibility index (Phi) is 9.46. The van der Waals surface area contributed by atoms with Crippen molar-refractivity contribution in [2.24, 2.45) is 5.92 Å². The van der Waals surface area contributed by atoms with Crippen molar-refractivity contribution < 1.29 is 25.5 Å². The minimum absolute atomic E-state index is 0.0157. The van der Waals surface area contributed by atoms with Crippen LogP contribution in [0, 0.1) is 5.92 Å². The second-order valence-corrected chi connectivity index (χ2v) is 14.9. The van der Waals surface area contributed by atoms with Gasteiger partial charge in [0, 0.05) is 17.9 Å². The lowest BCUT2D eigenvalue weighted by Crippen LogP contribution is -2.10. The largest absolute Gasteiger partial charge is 0.512 e. The number of allylic oxidation sites excluding steroid dienone is 19. The summed E-state index contributed by atoms with van der Waals surface area (Å²) in [4.78, 5) is 0. The number of phenols is 4. The fourth-order valence-electron chi connectivity index (χ4n) is 8.56. The van der Waals surface area contributed by atoms with Crippen LogP contribution in [0.2, 0.25) is 0 Å². The van der Waals surface area contributed by atoms with Gasteiger partial charge >= 0.3 is 0 Å². The summed E-state index contributed by atoms with van der Waals surface area (Å²) in [6.07, 6.45) is 26.8. The Bertz CT molecular complexity index is 2830. The Labute approximate surface area is 338 Å². The summed E-state index contributed by atoms with van der Waals surface area (Å²) in [6, 6.07) is 30.9. The second-order valence-electron chi connectivity index (χ2n) is 14.9. The van der Waals surface area contributed by atoms with Gasteiger partial charge in [0.15, 0.2) is 11.5 Å². The molecule has 0 amide bonds. The van der Waals surface area contributed by atoms with Crippen molar-refractivity contribution in [3.8, 4) is 45.3 Å². The van der Waals surface area contributed by atoms with Crippen LogP contribution < -0.4 is 5.46 Å². The van der Waals surface area contributed by atoms with Crippen LogP contribution in [0.4, 0.5) is 0 Å². The van der Waals surface area contributed by atoms with E-state index >= 15 is 0 Å². The number of aliphatic hydroxyl groups is 1. The van der Waals surface area contributed by atoms with Crippen molar-refractivity contribution >= 4 is 35.2 Å². The quantitative estimate of drug-likeness (QED) is 0.0699. The predicted octanol–water partition coefficient (Wildman–Crippen LogP) is 11.3. The molecule has 0 aliphatic heterocycles. The third kappa shape index (κ3) is 6.43. The van der Waals surface area contributed by atoms with Crippen LogP contribution in [0.25, 0.3) is 44.2 Å². The second kappa shape index (κ2) is 15.1. The predicted molar refractivity (Wildman–Crippen MR) is 236 cm³/mol. The highest BCUT2D eigenvalue weighted by Gasteiger charge is 2.31. The molecule has 0 spiro atoms. The van der Waals surface area contributed by atoms with Gasteiger partial charge in [0.2, 0.25) is 11.5 Å². The molecule has 280 valence electrons. The number of hydrogen-bond donors (Lipinski definition) is 5. The van der Waals surface area contributed by atoms with Crippen LogP contribution in [-0.2, 0) is 0 Å². The monoisotopic (exact) mass is 754 g/mol. The van der Waals surface area contributed by atoms with Crippen LogP contribution in [-0.4, -0.2) is 33.4 Å². The highest BCUT2D eigenvalue weighted by Crippen LogP contribution is 2.51. The maximum Gasteiger partial charge on any atom is 0.204 e. The maximum absolute atomic E-state index is 11.3. The number of fused-ring (bicyclic) bond motifs is 2. The first-order valence-electron chi connectivity index (χ1n) is 19.4. The van der Waals surface area contributed by atoms with E-state index in [1.165, 1.54) is 0 Å². The average Bonchev–Trinajstić information content (AvgIpc) is 3.75. The van der Waals surface area contributed by atoms with E-state index in [4.69, 9.17) is 7.85 Å². The molecule has 0 saturated carbocycles. The van der Waals surface area contributed by atoms with E-state index in [0.717, 1.165) is 72.0 Å². The number of hydrogen-bond acceptors (Lipinski definition) is 5. The molecule has 6 heteroatoms. The van der Waals surface area contributed by atoms with E-state index in [-0.39, 0.29) is 22.7 Å². The zero-order valence-electron chi connectivity index (χ0n) is 31.6. The summed E-state index contributed by atoms with van der Waals surface area (Å²) >= 11 is 0. The molecule has 0 fully saturated rings. The Morgan fingerprint density at radius 1 is 0.552 bits per heavy atom. The molecule has 58 heavy (non-hydrogen) atoms. The van der Waals surface area contributed by atoms with Gasteiger partial charge < -0.3 is 25.5 Å². The number of aliphatic hydroxyl groups excluding tert-OH is 1. The van der Waals surface area contributed by atoms with Crippen LogP contribution in [0.3, 0.4) is 0 Å². The molecule has 4 aliphatic rings. The summed E-state index contributed by atoms with van der Waals surface area (Å²) in [5, 5.41) is 56.5. The first-order chi connectivity index (χ1) is 28.3. The molecule has 5 nitrogen and oxygen atoms in total. The van der Waals surface area contributed by atoms with E-state index in [1.807, 2.05) is 54.6 Å². The first-order valence-corrected chi connectivity index (χ1v) is 19.4. The molecule has 5 aromatic rings. The highest BCUT2D eigenvalue weighted by molar-refractivity contribution is 6.39. The number of aromatic hydroxyl groups is 4. The zero-order chi connectivity index (χ0) is 39.9. The summed E-state index contributed by atoms with van der Waals surface area (Å²) in [6.45, 7) is 0. The normalized spacial score (nSPS) is 17.7. The fourth-order valence-corrected chi connectivity index (χ4v) is 8.56. The molecule has 0 aromatic heterocycles. The van der Waals surface area contributed by atoms with E-state index in [1.54, 1.807) is 12.1 Å². The average molecular weight is 755 g/mol. The molecule has 0 bridgehead atoms. The van der Waals surface area contributed by atoms with Gasteiger partial charge in [-0.15, -0.1) is 0 Å². The lowest BCUT2D eigenvalue weighted by molar-refractivity contribution is 0.348. The highest BCUT2D eigenvalue weighted by atomic mass is 16.3. The van der Waals surface area contributed by atoms with Crippen LogP contribution in [0.5, 0.6) is 23.0 Å². The number of benzene rings is 5. The molecular weight excluding hydrogens is 715 g/mol. The Morgan fingerprint density at radius 2 is 1.24 bits per heavy atom. The van der Waals surface area contributed by atoms with Crippen molar-refractivity contribution in [1.29, 1.82) is 0 Å². The molecule has 1 atom stereocenters. The van der Waals surface area contributed by atoms with Gasteiger partial charge in [-0.05, 0) is 114 Å². The summed E-state index contributed by atoms with van der Waals surface area (Å²) in [5.74, 6) is -2.91. The maximum atomic E-state index is 11.3. The van der Waals surface area contributed by atoms with Gasteiger partial charge in [-0.3, -0.25) is 0 Å². The molecule has 4 aliphatic carbocycles. The lowest BCUT2D eigenvalue weighted by atomic mass is 9.78. The van der Waals surface area contributed by atoms with Gasteiger partial charge in [-0.25, -0.2) is 0 Å². The summed E-state index contributed by atoms with van der Waals surface area (Å²) in [7, 11) is 6.41. The summed E-state index contributed by atoms with van der Waals surface area (Å²) in [5.41, 5.74) is 11.1. The van der Waals surface area contributed by atoms with Gasteiger partial charge in [0.1, 0.15) is 7.85 Å². The fraction of sp³-hybridized carbons (Fsp3) is 0.0769. The van der Waals surface area contributed by atoms with Crippen molar-refractivity contribution in [3.05, 3.63) is 209 Å².